The normalized spacial score (nSPS) is 21.5. The lowest BCUT2D eigenvalue weighted by atomic mass is 9.45. The van der Waals surface area contributed by atoms with Crippen LogP contribution < -0.4 is 10.2 Å². The maximum absolute atomic E-state index is 14.5. The number of nitrogens with zero attached hydrogens (tertiary/aromatic N) is 2. The fourth-order valence-corrected chi connectivity index (χ4v) is 3.32. The van der Waals surface area contributed by atoms with Crippen molar-refractivity contribution in [3.63, 3.8) is 0 Å². The van der Waals surface area contributed by atoms with E-state index in [4.69, 9.17) is 5.26 Å². The first-order valence-electron chi connectivity index (χ1n) is 7.96. The van der Waals surface area contributed by atoms with E-state index in [1.807, 2.05) is 4.90 Å². The smallest absolute Gasteiger partial charge is 0.271 e. The number of carbonyl (C=O) groups is 2. The Kier molecular flexibility index (Phi) is 4.52. The van der Waals surface area contributed by atoms with Crippen molar-refractivity contribution in [3.8, 4) is 5.97 Å². The van der Waals surface area contributed by atoms with Crippen LogP contribution in [0.3, 0.4) is 0 Å². The van der Waals surface area contributed by atoms with E-state index in [1.54, 1.807) is 0 Å². The summed E-state index contributed by atoms with van der Waals surface area (Å²) in [6.07, 6.45) is 1.49. The highest BCUT2D eigenvalue weighted by Crippen LogP contribution is 2.33. The molecule has 0 bridgehead atoms. The second-order valence-electron chi connectivity index (χ2n) is 6.22. The van der Waals surface area contributed by atoms with E-state index in [1.165, 1.54) is 12.1 Å². The molecule has 2 amide bonds. The van der Waals surface area contributed by atoms with Gasteiger partial charge in [-0.2, -0.15) is 0 Å². The molecule has 1 N–H and O–H groups in total. The number of hydrogen-bond acceptors (Lipinski definition) is 4. The Morgan fingerprint density at radius 3 is 2.38 bits per heavy atom. The number of anilines is 1. The number of benzene rings is 1. The van der Waals surface area contributed by atoms with E-state index < -0.39 is 29.4 Å². The van der Waals surface area contributed by atoms with Gasteiger partial charge < -0.3 is 4.90 Å². The molecule has 2 heterocycles. The van der Waals surface area contributed by atoms with Crippen molar-refractivity contribution < 1.29 is 18.4 Å². The zero-order valence-corrected chi connectivity index (χ0v) is 13.0. The Bertz CT molecular complexity index is 704. The van der Waals surface area contributed by atoms with Crippen molar-refractivity contribution in [2.75, 3.05) is 18.0 Å². The number of carbonyl (C=O) groups excluding carboxylic acids is 2. The largest absolute Gasteiger partial charge is 0.373 e. The number of halogens is 2. The maximum Gasteiger partial charge on any atom is 0.271 e. The molecule has 0 radical (unpaired) electrons. The zero-order chi connectivity index (χ0) is 17.3. The zero-order valence-electron chi connectivity index (χ0n) is 13.0. The molecule has 124 valence electrons. The van der Waals surface area contributed by atoms with Gasteiger partial charge in [-0.3, -0.25) is 14.9 Å². The topological polar surface area (TPSA) is 73.2 Å². The lowest BCUT2D eigenvalue weighted by molar-refractivity contribution is -0.134. The van der Waals surface area contributed by atoms with Crippen LogP contribution in [0, 0.1) is 22.9 Å². The van der Waals surface area contributed by atoms with Crippen LogP contribution in [0.4, 0.5) is 14.5 Å². The van der Waals surface area contributed by atoms with Gasteiger partial charge in [-0.1, -0.05) is 0 Å². The number of imide groups is 1. The van der Waals surface area contributed by atoms with Gasteiger partial charge in [0.25, 0.3) is 6.71 Å². The van der Waals surface area contributed by atoms with Crippen molar-refractivity contribution in [1.82, 2.24) is 5.32 Å². The van der Waals surface area contributed by atoms with Crippen LogP contribution in [0.15, 0.2) is 12.1 Å². The first-order valence-corrected chi connectivity index (χ1v) is 7.96. The van der Waals surface area contributed by atoms with Crippen molar-refractivity contribution >= 4 is 24.2 Å². The molecule has 1 aromatic rings. The molecule has 0 saturated carbocycles. The SMILES string of the molecule is N#CB1CCN(c2cc(F)c(C3CCC(=O)NC3=O)c(F)c2)CC1. The molecule has 1 unspecified atom stereocenters. The molecule has 2 fully saturated rings. The highest BCUT2D eigenvalue weighted by Gasteiger charge is 2.33. The summed E-state index contributed by atoms with van der Waals surface area (Å²) in [5, 5.41) is 11.0. The number of amides is 2. The molecule has 1 atom stereocenters. The minimum absolute atomic E-state index is 0.0151. The first-order chi connectivity index (χ1) is 11.5. The lowest BCUT2D eigenvalue weighted by Crippen LogP contribution is -2.40. The first kappa shape index (κ1) is 16.4. The Morgan fingerprint density at radius 2 is 1.83 bits per heavy atom. The van der Waals surface area contributed by atoms with E-state index in [9.17, 15) is 18.4 Å². The summed E-state index contributed by atoms with van der Waals surface area (Å²) in [7, 11) is 0. The number of nitrogens with one attached hydrogen (secondary N) is 1. The van der Waals surface area contributed by atoms with Crippen molar-refractivity contribution in [2.45, 2.75) is 31.4 Å². The van der Waals surface area contributed by atoms with E-state index in [2.05, 4.69) is 11.3 Å². The summed E-state index contributed by atoms with van der Waals surface area (Å²) < 4.78 is 29.0. The van der Waals surface area contributed by atoms with Crippen LogP contribution in [-0.2, 0) is 9.59 Å². The van der Waals surface area contributed by atoms with Gasteiger partial charge >= 0.3 is 0 Å². The molecule has 2 aliphatic rings. The van der Waals surface area contributed by atoms with Gasteiger partial charge in [-0.05, 0) is 31.2 Å². The molecule has 24 heavy (non-hydrogen) atoms. The van der Waals surface area contributed by atoms with E-state index in [-0.39, 0.29) is 25.1 Å². The van der Waals surface area contributed by atoms with E-state index in [0.717, 1.165) is 0 Å². The molecule has 2 saturated heterocycles. The molecule has 0 spiro atoms. The summed E-state index contributed by atoms with van der Waals surface area (Å²) in [6.45, 7) is 1.11. The second-order valence-corrected chi connectivity index (χ2v) is 6.22. The van der Waals surface area contributed by atoms with Crippen molar-refractivity contribution in [1.29, 1.82) is 5.26 Å². The van der Waals surface area contributed by atoms with Crippen molar-refractivity contribution in [3.05, 3.63) is 29.3 Å². The lowest BCUT2D eigenvalue weighted by Gasteiger charge is -2.31. The van der Waals surface area contributed by atoms with Gasteiger partial charge in [0, 0.05) is 36.7 Å². The highest BCUT2D eigenvalue weighted by atomic mass is 19.1. The van der Waals surface area contributed by atoms with Crippen LogP contribution in [0.5, 0.6) is 0 Å². The number of piperidine rings is 1. The van der Waals surface area contributed by atoms with E-state index in [0.29, 0.717) is 31.4 Å². The molecule has 0 aromatic heterocycles. The predicted octanol–water partition coefficient (Wildman–Crippen LogP) is 1.86. The fourth-order valence-electron chi connectivity index (χ4n) is 3.32. The molecule has 5 nitrogen and oxygen atoms in total. The molecular formula is C16H16BF2N3O2. The van der Waals surface area contributed by atoms with Gasteiger partial charge in [0.2, 0.25) is 11.8 Å². The van der Waals surface area contributed by atoms with Crippen LogP contribution in [-0.4, -0.2) is 31.6 Å². The third-order valence-electron chi connectivity index (χ3n) is 4.69. The minimum Gasteiger partial charge on any atom is -0.373 e. The molecule has 2 aliphatic heterocycles. The number of hydrogen-bond donors (Lipinski definition) is 1. The standard InChI is InChI=1S/C16H16BF2N3O2/c18-12-7-10(22-5-3-17(9-20)4-6-22)8-13(19)15(12)11-1-2-14(23)21-16(11)24/h7-8,11H,1-6H2,(H,21,23,24). The molecule has 1 aromatic carbocycles. The summed E-state index contributed by atoms with van der Waals surface area (Å²) in [6, 6.07) is 2.46. The third-order valence-corrected chi connectivity index (χ3v) is 4.69. The second kappa shape index (κ2) is 6.60. The average molecular weight is 331 g/mol. The predicted molar refractivity (Wildman–Crippen MR) is 84.7 cm³/mol. The number of rotatable bonds is 2. The van der Waals surface area contributed by atoms with Gasteiger partial charge in [-0.15, -0.1) is 0 Å². The monoisotopic (exact) mass is 331 g/mol. The summed E-state index contributed by atoms with van der Waals surface area (Å²) in [5.41, 5.74) is 0.132. The Morgan fingerprint density at radius 1 is 1.21 bits per heavy atom. The van der Waals surface area contributed by atoms with Gasteiger partial charge in [-0.25, -0.2) is 14.0 Å². The fraction of sp³-hybridized carbons (Fsp3) is 0.438. The Hall–Kier alpha value is -2.43. The van der Waals surface area contributed by atoms with Gasteiger partial charge in [0.15, 0.2) is 0 Å². The summed E-state index contributed by atoms with van der Waals surface area (Å²) in [4.78, 5) is 24.9. The van der Waals surface area contributed by atoms with Gasteiger partial charge in [0.05, 0.1) is 5.92 Å². The van der Waals surface area contributed by atoms with Gasteiger partial charge in [0.1, 0.15) is 11.6 Å². The Balaban J connectivity index is 1.83. The highest BCUT2D eigenvalue weighted by molar-refractivity contribution is 6.67. The van der Waals surface area contributed by atoms with Crippen LogP contribution in [0.25, 0.3) is 0 Å². The average Bonchev–Trinajstić information content (AvgIpc) is 2.56. The maximum atomic E-state index is 14.5. The quantitative estimate of drug-likeness (QED) is 0.663. The molecule has 8 heteroatoms. The van der Waals surface area contributed by atoms with Crippen LogP contribution >= 0.6 is 0 Å². The van der Waals surface area contributed by atoms with Crippen LogP contribution in [0.2, 0.25) is 12.6 Å². The molecule has 3 rings (SSSR count). The van der Waals surface area contributed by atoms with Crippen molar-refractivity contribution in [2.24, 2.45) is 0 Å². The summed E-state index contributed by atoms with van der Waals surface area (Å²) >= 11 is 0. The molecular weight excluding hydrogens is 315 g/mol. The minimum atomic E-state index is -0.985. The van der Waals surface area contributed by atoms with Crippen LogP contribution in [0.1, 0.15) is 24.3 Å². The number of nitriles is 1. The Labute approximate surface area is 138 Å². The summed E-state index contributed by atoms with van der Waals surface area (Å²) in [5.74, 6) is -1.41. The third kappa shape index (κ3) is 3.11. The molecule has 0 aliphatic carbocycles. The van der Waals surface area contributed by atoms with E-state index >= 15 is 0 Å².